The van der Waals surface area contributed by atoms with Gasteiger partial charge in [0.2, 0.25) is 11.0 Å². The molecule has 0 aromatic carbocycles. The van der Waals surface area contributed by atoms with Crippen molar-refractivity contribution in [3.63, 3.8) is 0 Å². The number of aromatic nitrogens is 2. The summed E-state index contributed by atoms with van der Waals surface area (Å²) in [5, 5.41) is 6.46. The van der Waals surface area contributed by atoms with Crippen LogP contribution in [0.4, 0.5) is 5.13 Å². The lowest BCUT2D eigenvalue weighted by Gasteiger charge is -2.07. The molecule has 0 spiro atoms. The van der Waals surface area contributed by atoms with Gasteiger partial charge >= 0.3 is 0 Å². The molecular formula is C8H12N4OS. The molecule has 14 heavy (non-hydrogen) atoms. The van der Waals surface area contributed by atoms with E-state index in [0.717, 1.165) is 19.4 Å². The number of carbonyl (C=O) groups excluding carboxylic acids is 1. The summed E-state index contributed by atoms with van der Waals surface area (Å²) in [6, 6.07) is -0.0563. The number of aryl methyl sites for hydroxylation is 1. The van der Waals surface area contributed by atoms with Gasteiger partial charge in [-0.3, -0.25) is 10.1 Å². The smallest absolute Gasteiger partial charge is 0.243 e. The summed E-state index contributed by atoms with van der Waals surface area (Å²) < 4.78 is 3.99. The minimum absolute atomic E-state index is 0.00125. The average molecular weight is 212 g/mol. The molecule has 2 heterocycles. The molecule has 2 N–H and O–H groups in total. The van der Waals surface area contributed by atoms with Gasteiger partial charge in [-0.25, -0.2) is 4.98 Å². The molecule has 1 fully saturated rings. The lowest BCUT2D eigenvalue weighted by atomic mass is 10.2. The second kappa shape index (κ2) is 4.02. The third-order valence-electron chi connectivity index (χ3n) is 2.13. The van der Waals surface area contributed by atoms with Crippen molar-refractivity contribution in [2.24, 2.45) is 0 Å². The summed E-state index contributed by atoms with van der Waals surface area (Å²) in [6.07, 6.45) is 1.97. The molecule has 1 aliphatic heterocycles. The second-order valence-electron chi connectivity index (χ2n) is 3.28. The van der Waals surface area contributed by atoms with Gasteiger partial charge in [0.05, 0.1) is 6.04 Å². The summed E-state index contributed by atoms with van der Waals surface area (Å²) in [6.45, 7) is 2.73. The molecule has 1 atom stereocenters. The Morgan fingerprint density at radius 1 is 1.71 bits per heavy atom. The van der Waals surface area contributed by atoms with Crippen LogP contribution in [0.5, 0.6) is 0 Å². The highest BCUT2D eigenvalue weighted by Gasteiger charge is 2.22. The second-order valence-corrected chi connectivity index (χ2v) is 4.04. The highest BCUT2D eigenvalue weighted by molar-refractivity contribution is 7.09. The van der Waals surface area contributed by atoms with Crippen LogP contribution < -0.4 is 10.6 Å². The number of nitrogens with one attached hydrogen (secondary N) is 2. The largest absolute Gasteiger partial charge is 0.306 e. The third-order valence-corrected chi connectivity index (χ3v) is 2.86. The zero-order valence-corrected chi connectivity index (χ0v) is 8.73. The molecule has 1 aromatic heterocycles. The van der Waals surface area contributed by atoms with Gasteiger partial charge in [-0.15, -0.1) is 0 Å². The van der Waals surface area contributed by atoms with Crippen molar-refractivity contribution in [2.45, 2.75) is 25.8 Å². The molecule has 0 aliphatic carbocycles. The van der Waals surface area contributed by atoms with Crippen LogP contribution in [0.3, 0.4) is 0 Å². The minimum atomic E-state index is -0.0563. The van der Waals surface area contributed by atoms with Crippen molar-refractivity contribution >= 4 is 22.6 Å². The molecular weight excluding hydrogens is 200 g/mol. The minimum Gasteiger partial charge on any atom is -0.306 e. The normalized spacial score (nSPS) is 21.1. The molecule has 76 valence electrons. The van der Waals surface area contributed by atoms with E-state index in [1.54, 1.807) is 6.92 Å². The van der Waals surface area contributed by atoms with Crippen LogP contribution in [0.25, 0.3) is 0 Å². The van der Waals surface area contributed by atoms with Crippen molar-refractivity contribution < 1.29 is 4.79 Å². The van der Waals surface area contributed by atoms with Gasteiger partial charge in [0.1, 0.15) is 5.82 Å². The van der Waals surface area contributed by atoms with E-state index >= 15 is 0 Å². The maximum absolute atomic E-state index is 11.6. The molecule has 1 unspecified atom stereocenters. The SMILES string of the molecule is Cc1nsc(NC(=O)C2CCCN2)n1. The zero-order valence-electron chi connectivity index (χ0n) is 7.91. The van der Waals surface area contributed by atoms with E-state index < -0.39 is 0 Å². The molecule has 1 amide bonds. The van der Waals surface area contributed by atoms with Crippen LogP contribution in [-0.4, -0.2) is 27.9 Å². The van der Waals surface area contributed by atoms with E-state index in [1.165, 1.54) is 11.5 Å². The van der Waals surface area contributed by atoms with E-state index in [1.807, 2.05) is 0 Å². The topological polar surface area (TPSA) is 66.9 Å². The van der Waals surface area contributed by atoms with Crippen molar-refractivity contribution in [1.29, 1.82) is 0 Å². The molecule has 0 radical (unpaired) electrons. The van der Waals surface area contributed by atoms with Gasteiger partial charge in [-0.2, -0.15) is 4.37 Å². The highest BCUT2D eigenvalue weighted by Crippen LogP contribution is 2.12. The quantitative estimate of drug-likeness (QED) is 0.750. The number of hydrogen-bond donors (Lipinski definition) is 2. The Bertz CT molecular complexity index is 332. The number of carbonyl (C=O) groups is 1. The van der Waals surface area contributed by atoms with Crippen LogP contribution in [0.15, 0.2) is 0 Å². The highest BCUT2D eigenvalue weighted by atomic mass is 32.1. The zero-order chi connectivity index (χ0) is 9.97. The van der Waals surface area contributed by atoms with E-state index in [4.69, 9.17) is 0 Å². The Hall–Kier alpha value is -1.01. The fourth-order valence-electron chi connectivity index (χ4n) is 1.45. The molecule has 1 aromatic rings. The van der Waals surface area contributed by atoms with Crippen molar-refractivity contribution in [1.82, 2.24) is 14.7 Å². The maximum Gasteiger partial charge on any atom is 0.243 e. The standard InChI is InChI=1S/C8H12N4OS/c1-5-10-8(14-12-5)11-7(13)6-3-2-4-9-6/h6,9H,2-4H2,1H3,(H,10,11,12,13). The Morgan fingerprint density at radius 2 is 2.57 bits per heavy atom. The van der Waals surface area contributed by atoms with Crippen molar-refractivity contribution in [2.75, 3.05) is 11.9 Å². The summed E-state index contributed by atoms with van der Waals surface area (Å²) >= 11 is 1.22. The van der Waals surface area contributed by atoms with Crippen molar-refractivity contribution in [3.8, 4) is 0 Å². The number of rotatable bonds is 2. The summed E-state index contributed by atoms with van der Waals surface area (Å²) in [4.78, 5) is 15.7. The first-order valence-corrected chi connectivity index (χ1v) is 5.37. The molecule has 1 saturated heterocycles. The fraction of sp³-hybridized carbons (Fsp3) is 0.625. The summed E-state index contributed by atoms with van der Waals surface area (Å²) in [5.74, 6) is 0.698. The molecule has 5 nitrogen and oxygen atoms in total. The van der Waals surface area contributed by atoms with Crippen LogP contribution in [0, 0.1) is 6.92 Å². The third kappa shape index (κ3) is 2.08. The van der Waals surface area contributed by atoms with Crippen LogP contribution in [0.1, 0.15) is 18.7 Å². The lowest BCUT2D eigenvalue weighted by Crippen LogP contribution is -2.35. The van der Waals surface area contributed by atoms with E-state index in [2.05, 4.69) is 20.0 Å². The molecule has 2 rings (SSSR count). The lowest BCUT2D eigenvalue weighted by molar-refractivity contribution is -0.117. The van der Waals surface area contributed by atoms with Gasteiger partial charge in [0.25, 0.3) is 0 Å². The van der Waals surface area contributed by atoms with Crippen molar-refractivity contribution in [3.05, 3.63) is 5.82 Å². The summed E-state index contributed by atoms with van der Waals surface area (Å²) in [7, 11) is 0. The monoisotopic (exact) mass is 212 g/mol. The summed E-state index contributed by atoms with van der Waals surface area (Å²) in [5.41, 5.74) is 0. The van der Waals surface area contributed by atoms with Crippen LogP contribution in [0.2, 0.25) is 0 Å². The predicted molar refractivity (Wildman–Crippen MR) is 54.3 cm³/mol. The van der Waals surface area contributed by atoms with Crippen LogP contribution >= 0.6 is 11.5 Å². The van der Waals surface area contributed by atoms with E-state index in [0.29, 0.717) is 11.0 Å². The number of nitrogens with zero attached hydrogens (tertiary/aromatic N) is 2. The Labute approximate surface area is 86.1 Å². The van der Waals surface area contributed by atoms with E-state index in [-0.39, 0.29) is 11.9 Å². The number of anilines is 1. The van der Waals surface area contributed by atoms with Gasteiger partial charge < -0.3 is 5.32 Å². The number of amides is 1. The van der Waals surface area contributed by atoms with Crippen LogP contribution in [-0.2, 0) is 4.79 Å². The first-order valence-electron chi connectivity index (χ1n) is 4.60. The Morgan fingerprint density at radius 3 is 3.14 bits per heavy atom. The van der Waals surface area contributed by atoms with Gasteiger partial charge in [0, 0.05) is 11.5 Å². The first kappa shape index (κ1) is 9.54. The predicted octanol–water partition coefficient (Wildman–Crippen LogP) is 0.537. The fourth-order valence-corrected chi connectivity index (χ4v) is 2.03. The first-order chi connectivity index (χ1) is 6.75. The average Bonchev–Trinajstić information content (AvgIpc) is 2.75. The van der Waals surface area contributed by atoms with Gasteiger partial charge in [0.15, 0.2) is 0 Å². The Kier molecular flexibility index (Phi) is 2.74. The molecule has 0 saturated carbocycles. The molecule has 1 aliphatic rings. The van der Waals surface area contributed by atoms with Gasteiger partial charge in [-0.1, -0.05) is 0 Å². The Balaban J connectivity index is 1.93. The van der Waals surface area contributed by atoms with E-state index in [9.17, 15) is 4.79 Å². The molecule has 0 bridgehead atoms. The van der Waals surface area contributed by atoms with Gasteiger partial charge in [-0.05, 0) is 26.3 Å². The maximum atomic E-state index is 11.6. The number of hydrogen-bond acceptors (Lipinski definition) is 5. The molecule has 6 heteroatoms.